The summed E-state index contributed by atoms with van der Waals surface area (Å²) < 4.78 is 11.9. The van der Waals surface area contributed by atoms with Gasteiger partial charge in [-0.05, 0) is 13.8 Å². The van der Waals surface area contributed by atoms with E-state index in [0.29, 0.717) is 5.11 Å². The van der Waals surface area contributed by atoms with Gasteiger partial charge < -0.3 is 0 Å². The molecule has 101 valence electrons. The molecule has 1 aliphatic heterocycles. The Balaban J connectivity index is 0.00000225. The molecular formula is C9H21AuNO2PS2+. The summed E-state index contributed by atoms with van der Waals surface area (Å²) in [5.74, 6) is 2.21. The van der Waals surface area contributed by atoms with E-state index in [1.165, 1.54) is 0 Å². The van der Waals surface area contributed by atoms with Gasteiger partial charge in [-0.2, -0.15) is 9.05 Å². The normalized spacial score (nSPS) is 20.8. The molecule has 1 saturated heterocycles. The molecule has 0 aliphatic carbocycles. The summed E-state index contributed by atoms with van der Waals surface area (Å²) in [6, 6.07) is 0. The third-order valence-electron chi connectivity index (χ3n) is 1.91. The maximum atomic E-state index is 5.96. The molecule has 0 spiro atoms. The predicted octanol–water partition coefficient (Wildman–Crippen LogP) is 3.19. The molecule has 1 radical (unpaired) electrons. The van der Waals surface area contributed by atoms with Gasteiger partial charge in [0.1, 0.15) is 0 Å². The fourth-order valence-corrected chi connectivity index (χ4v) is 9.52. The van der Waals surface area contributed by atoms with Crippen LogP contribution in [0.25, 0.3) is 0 Å². The second-order valence-electron chi connectivity index (χ2n) is 2.97. The molecule has 0 aromatic rings. The zero-order valence-electron chi connectivity index (χ0n) is 9.99. The molecule has 1 atom stereocenters. The van der Waals surface area contributed by atoms with Crippen LogP contribution in [0, 0.1) is 0 Å². The quantitative estimate of drug-likeness (QED) is 0.459. The van der Waals surface area contributed by atoms with Gasteiger partial charge in [0.15, 0.2) is 0 Å². The molecule has 1 aliphatic rings. The van der Waals surface area contributed by atoms with Crippen LogP contribution in [0.2, 0.25) is 0 Å². The molecule has 7 heteroatoms. The van der Waals surface area contributed by atoms with Crippen molar-refractivity contribution in [3.05, 3.63) is 0 Å². The fraction of sp³-hybridized carbons (Fsp3) is 1.00. The van der Waals surface area contributed by atoms with E-state index in [0.717, 1.165) is 31.3 Å². The van der Waals surface area contributed by atoms with Gasteiger partial charge in [0.25, 0.3) is 0 Å². The maximum absolute atomic E-state index is 5.96. The van der Waals surface area contributed by atoms with E-state index in [-0.39, 0.29) is 22.4 Å². The van der Waals surface area contributed by atoms with Crippen molar-refractivity contribution in [2.45, 2.75) is 25.9 Å². The van der Waals surface area contributed by atoms with E-state index < -0.39 is 6.92 Å². The molecule has 1 heterocycles. The molecule has 3 nitrogen and oxygen atoms in total. The molecule has 1 rings (SSSR count). The Morgan fingerprint density at radius 2 is 1.94 bits per heavy atom. The van der Waals surface area contributed by atoms with Crippen molar-refractivity contribution in [2.24, 2.45) is 0 Å². The standard InChI is InChI=1S/C9H21NO2PS2.Au/c1-4-11-13(12-5-2,15-6-3)9-10-7-8-14-9;/h9-10H,4-8H2,1-3H3;/q+1;. The smallest absolute Gasteiger partial charge is 0.268 e. The topological polar surface area (TPSA) is 30.5 Å². The molecule has 1 N–H and O–H groups in total. The van der Waals surface area contributed by atoms with E-state index >= 15 is 0 Å². The van der Waals surface area contributed by atoms with Crippen LogP contribution < -0.4 is 5.32 Å². The largest absolute Gasteiger partial charge is 0.361 e. The van der Waals surface area contributed by atoms with Gasteiger partial charge >= 0.3 is 6.92 Å². The summed E-state index contributed by atoms with van der Waals surface area (Å²) in [7, 11) is 0. The average Bonchev–Trinajstić information content (AvgIpc) is 2.72. The van der Waals surface area contributed by atoms with E-state index in [1.807, 2.05) is 37.0 Å². The molecule has 16 heavy (non-hydrogen) atoms. The third-order valence-corrected chi connectivity index (χ3v) is 10.2. The van der Waals surface area contributed by atoms with Crippen molar-refractivity contribution in [1.82, 2.24) is 5.32 Å². The van der Waals surface area contributed by atoms with E-state index in [9.17, 15) is 0 Å². The third kappa shape index (κ3) is 4.79. The SMILES string of the molecule is CCO[P+](OCC)(SCC)C1NCCS1.[Au]. The number of hydrogen-bond donors (Lipinski definition) is 1. The van der Waals surface area contributed by atoms with Crippen LogP contribution in [-0.4, -0.2) is 36.4 Å². The first kappa shape index (κ1) is 17.8. The van der Waals surface area contributed by atoms with E-state index in [2.05, 4.69) is 12.2 Å². The van der Waals surface area contributed by atoms with Crippen LogP contribution in [0.15, 0.2) is 0 Å². The van der Waals surface area contributed by atoms with Gasteiger partial charge in [0, 0.05) is 40.4 Å². The molecule has 0 saturated carbocycles. The Labute approximate surface area is 123 Å². The molecule has 0 amide bonds. The summed E-state index contributed by atoms with van der Waals surface area (Å²) >= 11 is 3.79. The second-order valence-corrected chi connectivity index (χ2v) is 9.78. The minimum atomic E-state index is -1.78. The number of nitrogens with one attached hydrogen (secondary N) is 1. The molecule has 0 aromatic heterocycles. The Kier molecular flexibility index (Phi) is 10.7. The van der Waals surface area contributed by atoms with Gasteiger partial charge in [0.2, 0.25) is 5.11 Å². The van der Waals surface area contributed by atoms with Crippen molar-refractivity contribution in [1.29, 1.82) is 0 Å². The van der Waals surface area contributed by atoms with E-state index in [4.69, 9.17) is 9.05 Å². The van der Waals surface area contributed by atoms with Crippen molar-refractivity contribution in [3.63, 3.8) is 0 Å². The zero-order valence-corrected chi connectivity index (χ0v) is 14.7. The monoisotopic (exact) mass is 467 g/mol. The van der Waals surface area contributed by atoms with Crippen LogP contribution in [0.3, 0.4) is 0 Å². The van der Waals surface area contributed by atoms with Gasteiger partial charge in [-0.3, -0.25) is 5.32 Å². The molecule has 0 bridgehead atoms. The Hall–Kier alpha value is 1.75. The van der Waals surface area contributed by atoms with Crippen LogP contribution in [0.4, 0.5) is 0 Å². The number of thioether (sulfide) groups is 1. The summed E-state index contributed by atoms with van der Waals surface area (Å²) in [6.07, 6.45) is 0. The maximum Gasteiger partial charge on any atom is 0.361 e. The zero-order chi connectivity index (χ0) is 11.1. The second kappa shape index (κ2) is 9.65. The van der Waals surface area contributed by atoms with Gasteiger partial charge in [-0.1, -0.05) is 18.7 Å². The van der Waals surface area contributed by atoms with Gasteiger partial charge in [0.05, 0.1) is 24.6 Å². The first-order valence-electron chi connectivity index (χ1n) is 5.46. The van der Waals surface area contributed by atoms with E-state index in [1.54, 1.807) is 0 Å². The first-order chi connectivity index (χ1) is 7.29. The summed E-state index contributed by atoms with van der Waals surface area (Å²) in [6.45, 7) is 7.02. The fourth-order valence-electron chi connectivity index (χ4n) is 1.47. The summed E-state index contributed by atoms with van der Waals surface area (Å²) in [5, 5.41) is 3.86. The van der Waals surface area contributed by atoms with Crippen LogP contribution in [0.1, 0.15) is 20.8 Å². The van der Waals surface area contributed by atoms with Crippen molar-refractivity contribution in [3.8, 4) is 0 Å². The average molecular weight is 467 g/mol. The van der Waals surface area contributed by atoms with Crippen molar-refractivity contribution in [2.75, 3.05) is 31.3 Å². The van der Waals surface area contributed by atoms with Crippen LogP contribution in [0.5, 0.6) is 0 Å². The van der Waals surface area contributed by atoms with Gasteiger partial charge in [-0.15, -0.1) is 0 Å². The van der Waals surface area contributed by atoms with Crippen LogP contribution >= 0.6 is 30.1 Å². The van der Waals surface area contributed by atoms with Gasteiger partial charge in [-0.25, -0.2) is 0 Å². The molecule has 1 fully saturated rings. The summed E-state index contributed by atoms with van der Waals surface area (Å²) in [5.41, 5.74) is 0. The number of hydrogen-bond acceptors (Lipinski definition) is 5. The molecule has 1 unspecified atom stereocenters. The first-order valence-corrected chi connectivity index (χ1v) is 9.79. The van der Waals surface area contributed by atoms with Crippen molar-refractivity contribution < 1.29 is 31.4 Å². The summed E-state index contributed by atoms with van der Waals surface area (Å²) in [4.78, 5) is 0. The minimum Gasteiger partial charge on any atom is -0.268 e. The molecule has 0 aromatic carbocycles. The van der Waals surface area contributed by atoms with Crippen LogP contribution in [-0.2, 0) is 31.4 Å². The number of rotatable bonds is 7. The Morgan fingerprint density at radius 1 is 1.31 bits per heavy atom. The Morgan fingerprint density at radius 3 is 2.31 bits per heavy atom. The van der Waals surface area contributed by atoms with Crippen molar-refractivity contribution >= 4 is 30.1 Å². The Bertz CT molecular complexity index is 168. The predicted molar refractivity (Wildman–Crippen MR) is 72.6 cm³/mol. The minimum absolute atomic E-state index is 0. The molecular weight excluding hydrogens is 446 g/mol.